The number of hydrogen-bond donors (Lipinski definition) is 2. The van der Waals surface area contributed by atoms with Gasteiger partial charge in [0.1, 0.15) is 11.6 Å². The third kappa shape index (κ3) is 4.47. The predicted octanol–water partition coefficient (Wildman–Crippen LogP) is 3.89. The number of para-hydroxylation sites is 2. The van der Waals surface area contributed by atoms with Crippen molar-refractivity contribution in [2.24, 2.45) is 0 Å². The number of carbonyl (C=O) groups is 1. The van der Waals surface area contributed by atoms with Crippen molar-refractivity contribution in [1.29, 1.82) is 0 Å². The van der Waals surface area contributed by atoms with Gasteiger partial charge < -0.3 is 10.1 Å². The fourth-order valence-electron chi connectivity index (χ4n) is 2.48. The number of ether oxygens (including phenoxy) is 1. The molecule has 1 amide bonds. The fraction of sp³-hybridized carbons (Fsp3) is 0.0500. The fourth-order valence-corrected chi connectivity index (χ4v) is 3.57. The summed E-state index contributed by atoms with van der Waals surface area (Å²) in [6.45, 7) is 0. The number of anilines is 2. The third-order valence-electron chi connectivity index (χ3n) is 3.86. The van der Waals surface area contributed by atoms with E-state index < -0.39 is 15.8 Å². The van der Waals surface area contributed by atoms with Gasteiger partial charge >= 0.3 is 0 Å². The lowest BCUT2D eigenvalue weighted by Crippen LogP contribution is -2.14. The van der Waals surface area contributed by atoms with Crippen LogP contribution in [-0.4, -0.2) is 21.4 Å². The van der Waals surface area contributed by atoms with Crippen molar-refractivity contribution in [1.82, 2.24) is 0 Å². The number of nitrogens with one attached hydrogen (secondary N) is 2. The largest absolute Gasteiger partial charge is 0.495 e. The molecule has 0 saturated heterocycles. The molecule has 0 aliphatic carbocycles. The maximum absolute atomic E-state index is 13.3. The second-order valence-electron chi connectivity index (χ2n) is 5.79. The Kier molecular flexibility index (Phi) is 5.60. The smallest absolute Gasteiger partial charge is 0.261 e. The van der Waals surface area contributed by atoms with E-state index in [1.54, 1.807) is 24.3 Å². The molecule has 3 aromatic carbocycles. The van der Waals surface area contributed by atoms with Crippen molar-refractivity contribution < 1.29 is 22.3 Å². The summed E-state index contributed by atoms with van der Waals surface area (Å²) in [4.78, 5) is 12.2. The molecule has 0 atom stereocenters. The first-order chi connectivity index (χ1) is 13.4. The lowest BCUT2D eigenvalue weighted by atomic mass is 10.2. The van der Waals surface area contributed by atoms with Crippen LogP contribution in [0.2, 0.25) is 0 Å². The molecule has 0 bridgehead atoms. The maximum Gasteiger partial charge on any atom is 0.261 e. The molecular weight excluding hydrogens is 383 g/mol. The predicted molar refractivity (Wildman–Crippen MR) is 105 cm³/mol. The number of benzene rings is 3. The van der Waals surface area contributed by atoms with Gasteiger partial charge in [-0.3, -0.25) is 9.52 Å². The second-order valence-corrected chi connectivity index (χ2v) is 7.48. The summed E-state index contributed by atoms with van der Waals surface area (Å²) < 4.78 is 45.4. The van der Waals surface area contributed by atoms with Gasteiger partial charge in [0.25, 0.3) is 15.9 Å². The molecular formula is C20H17FN2O4S. The van der Waals surface area contributed by atoms with E-state index in [1.807, 2.05) is 0 Å². The first-order valence-corrected chi connectivity index (χ1v) is 9.70. The summed E-state index contributed by atoms with van der Waals surface area (Å²) in [7, 11) is -2.43. The van der Waals surface area contributed by atoms with E-state index in [0.717, 1.165) is 12.1 Å². The highest BCUT2D eigenvalue weighted by molar-refractivity contribution is 7.92. The normalized spacial score (nSPS) is 10.9. The van der Waals surface area contributed by atoms with Crippen LogP contribution in [-0.2, 0) is 10.0 Å². The lowest BCUT2D eigenvalue weighted by molar-refractivity contribution is 0.102. The Morgan fingerprint density at radius 3 is 2.36 bits per heavy atom. The molecule has 0 aromatic heterocycles. The van der Waals surface area contributed by atoms with Crippen molar-refractivity contribution in [2.45, 2.75) is 4.90 Å². The molecule has 0 heterocycles. The summed E-state index contributed by atoms with van der Waals surface area (Å²) in [6, 6.07) is 17.5. The standard InChI is InChI=1S/C20H17FN2O4S/c1-27-19-8-3-2-7-18(19)22-20(24)14-9-11-16(12-10-14)23-28(25,26)17-6-4-5-15(21)13-17/h2-13,23H,1H3,(H,22,24). The van der Waals surface area contributed by atoms with E-state index in [1.165, 1.54) is 43.5 Å². The molecule has 6 nitrogen and oxygen atoms in total. The molecule has 8 heteroatoms. The van der Waals surface area contributed by atoms with Crippen molar-refractivity contribution in [3.63, 3.8) is 0 Å². The summed E-state index contributed by atoms with van der Waals surface area (Å²) in [5.41, 5.74) is 1.10. The lowest BCUT2D eigenvalue weighted by Gasteiger charge is -2.11. The Morgan fingerprint density at radius 2 is 1.68 bits per heavy atom. The number of halogens is 1. The zero-order valence-electron chi connectivity index (χ0n) is 14.8. The van der Waals surface area contributed by atoms with Gasteiger partial charge in [0.05, 0.1) is 17.7 Å². The third-order valence-corrected chi connectivity index (χ3v) is 5.24. The molecule has 0 unspecified atom stereocenters. The van der Waals surface area contributed by atoms with Crippen LogP contribution < -0.4 is 14.8 Å². The molecule has 0 saturated carbocycles. The Morgan fingerprint density at radius 1 is 0.964 bits per heavy atom. The highest BCUT2D eigenvalue weighted by Crippen LogP contribution is 2.24. The molecule has 2 N–H and O–H groups in total. The average Bonchev–Trinajstić information content (AvgIpc) is 2.68. The molecule has 0 aliphatic rings. The first-order valence-electron chi connectivity index (χ1n) is 8.22. The minimum Gasteiger partial charge on any atom is -0.495 e. The quantitative estimate of drug-likeness (QED) is 0.658. The minimum atomic E-state index is -3.93. The molecule has 3 rings (SSSR count). The van der Waals surface area contributed by atoms with Gasteiger partial charge in [-0.1, -0.05) is 18.2 Å². The Bertz CT molecular complexity index is 1100. The number of carbonyl (C=O) groups excluding carboxylic acids is 1. The molecule has 0 radical (unpaired) electrons. The molecule has 28 heavy (non-hydrogen) atoms. The molecule has 0 fully saturated rings. The van der Waals surface area contributed by atoms with Gasteiger partial charge in [-0.05, 0) is 54.6 Å². The highest BCUT2D eigenvalue weighted by atomic mass is 32.2. The van der Waals surface area contributed by atoms with Gasteiger partial charge in [0, 0.05) is 11.3 Å². The van der Waals surface area contributed by atoms with Crippen molar-refractivity contribution >= 4 is 27.3 Å². The summed E-state index contributed by atoms with van der Waals surface area (Å²) in [5, 5.41) is 2.73. The molecule has 144 valence electrons. The van der Waals surface area contributed by atoms with Gasteiger partial charge in [0.15, 0.2) is 0 Å². The van der Waals surface area contributed by atoms with Crippen molar-refractivity contribution in [3.8, 4) is 5.75 Å². The highest BCUT2D eigenvalue weighted by Gasteiger charge is 2.15. The minimum absolute atomic E-state index is 0.189. The number of sulfonamides is 1. The van der Waals surface area contributed by atoms with Crippen LogP contribution in [0.4, 0.5) is 15.8 Å². The monoisotopic (exact) mass is 400 g/mol. The number of amides is 1. The van der Waals surface area contributed by atoms with Crippen LogP contribution in [0.1, 0.15) is 10.4 Å². The van der Waals surface area contributed by atoms with E-state index in [-0.39, 0.29) is 16.5 Å². The van der Waals surface area contributed by atoms with Gasteiger partial charge in [-0.2, -0.15) is 0 Å². The summed E-state index contributed by atoms with van der Waals surface area (Å²) in [5.74, 6) is -0.495. The second kappa shape index (κ2) is 8.10. The van der Waals surface area contributed by atoms with Crippen LogP contribution >= 0.6 is 0 Å². The Hall–Kier alpha value is -3.39. The summed E-state index contributed by atoms with van der Waals surface area (Å²) in [6.07, 6.45) is 0. The van der Waals surface area contributed by atoms with Crippen molar-refractivity contribution in [2.75, 3.05) is 17.1 Å². The molecule has 0 spiro atoms. The van der Waals surface area contributed by atoms with E-state index in [2.05, 4.69) is 10.0 Å². The summed E-state index contributed by atoms with van der Waals surface area (Å²) >= 11 is 0. The Balaban J connectivity index is 1.73. The van der Waals surface area contributed by atoms with E-state index in [4.69, 9.17) is 4.74 Å². The van der Waals surface area contributed by atoms with Crippen LogP contribution in [0.5, 0.6) is 5.75 Å². The SMILES string of the molecule is COc1ccccc1NC(=O)c1ccc(NS(=O)(=O)c2cccc(F)c2)cc1. The van der Waals surface area contributed by atoms with Crippen molar-refractivity contribution in [3.05, 3.63) is 84.2 Å². The van der Waals surface area contributed by atoms with Gasteiger partial charge in [0.2, 0.25) is 0 Å². The van der Waals surface area contributed by atoms with Gasteiger partial charge in [-0.25, -0.2) is 12.8 Å². The van der Waals surface area contributed by atoms with E-state index in [0.29, 0.717) is 17.0 Å². The Labute approximate surface area is 162 Å². The topological polar surface area (TPSA) is 84.5 Å². The average molecular weight is 400 g/mol. The zero-order valence-corrected chi connectivity index (χ0v) is 15.7. The van der Waals surface area contributed by atoms with E-state index in [9.17, 15) is 17.6 Å². The first kappa shape index (κ1) is 19.4. The number of rotatable bonds is 6. The molecule has 0 aliphatic heterocycles. The number of hydrogen-bond acceptors (Lipinski definition) is 4. The zero-order chi connectivity index (χ0) is 20.1. The maximum atomic E-state index is 13.3. The van der Waals surface area contributed by atoms with Crippen LogP contribution in [0, 0.1) is 5.82 Å². The van der Waals surface area contributed by atoms with Crippen LogP contribution in [0.3, 0.4) is 0 Å². The van der Waals surface area contributed by atoms with Gasteiger partial charge in [-0.15, -0.1) is 0 Å². The van der Waals surface area contributed by atoms with Crippen LogP contribution in [0.25, 0.3) is 0 Å². The molecule has 3 aromatic rings. The van der Waals surface area contributed by atoms with Crippen LogP contribution in [0.15, 0.2) is 77.7 Å². The number of methoxy groups -OCH3 is 1. The van der Waals surface area contributed by atoms with E-state index >= 15 is 0 Å².